The number of aldehydes is 1. The largest absolute Gasteiger partial charge is 0.452 e. The van der Waals surface area contributed by atoms with Crippen molar-refractivity contribution in [2.75, 3.05) is 25.5 Å². The van der Waals surface area contributed by atoms with Crippen molar-refractivity contribution in [3.63, 3.8) is 0 Å². The van der Waals surface area contributed by atoms with Crippen LogP contribution < -0.4 is 5.32 Å². The van der Waals surface area contributed by atoms with Crippen molar-refractivity contribution in [2.45, 2.75) is 0 Å². The molecule has 0 radical (unpaired) electrons. The zero-order chi connectivity index (χ0) is 19.8. The van der Waals surface area contributed by atoms with Crippen LogP contribution in [-0.2, 0) is 14.3 Å². The van der Waals surface area contributed by atoms with Crippen LogP contribution in [0.25, 0.3) is 0 Å². The number of hydrogen-bond donors (Lipinski definition) is 1. The van der Waals surface area contributed by atoms with E-state index < -0.39 is 30.2 Å². The average Bonchev–Trinajstić information content (AvgIpc) is 2.67. The van der Waals surface area contributed by atoms with E-state index in [1.54, 1.807) is 0 Å². The van der Waals surface area contributed by atoms with Gasteiger partial charge in [0.1, 0.15) is 12.1 Å². The molecule has 0 aromatic heterocycles. The molecule has 1 N–H and O–H groups in total. The first-order valence-corrected chi connectivity index (χ1v) is 7.91. The maximum Gasteiger partial charge on any atom is 0.338 e. The van der Waals surface area contributed by atoms with Crippen molar-refractivity contribution in [3.8, 4) is 0 Å². The summed E-state index contributed by atoms with van der Waals surface area (Å²) in [6.45, 7) is -0.795. The van der Waals surface area contributed by atoms with Crippen LogP contribution >= 0.6 is 0 Å². The lowest BCUT2D eigenvalue weighted by atomic mass is 10.1. The number of nitrogens with one attached hydrogen (secondary N) is 1. The number of nitrogens with zero attached hydrogens (tertiary/aromatic N) is 1. The molecule has 0 heterocycles. The number of hydrogen-bond acceptors (Lipinski definition) is 5. The Morgan fingerprint density at radius 3 is 2.30 bits per heavy atom. The number of halogens is 1. The molecule has 0 atom stereocenters. The number of ether oxygens (including phenoxy) is 1. The Morgan fingerprint density at radius 2 is 1.70 bits per heavy atom. The molecule has 2 rings (SSSR count). The Bertz CT molecular complexity index is 834. The van der Waals surface area contributed by atoms with E-state index in [0.29, 0.717) is 17.5 Å². The first-order chi connectivity index (χ1) is 12.9. The Labute approximate surface area is 154 Å². The fourth-order valence-electron chi connectivity index (χ4n) is 2.06. The number of carbonyl (C=O) groups excluding carboxylic acids is 4. The third-order valence-corrected chi connectivity index (χ3v) is 3.54. The molecular formula is C19H17FN2O5. The highest BCUT2D eigenvalue weighted by molar-refractivity contribution is 5.95. The molecule has 0 spiro atoms. The summed E-state index contributed by atoms with van der Waals surface area (Å²) in [4.78, 5) is 47.4. The summed E-state index contributed by atoms with van der Waals surface area (Å²) in [6, 6.07) is 10.9. The first kappa shape index (κ1) is 19.8. The summed E-state index contributed by atoms with van der Waals surface area (Å²) in [5, 5.41) is 2.52. The van der Waals surface area contributed by atoms with E-state index >= 15 is 0 Å². The van der Waals surface area contributed by atoms with Crippen molar-refractivity contribution < 1.29 is 28.3 Å². The van der Waals surface area contributed by atoms with Gasteiger partial charge in [0.05, 0.1) is 12.1 Å². The van der Waals surface area contributed by atoms with Crippen LogP contribution in [0.15, 0.2) is 48.5 Å². The maximum atomic E-state index is 12.8. The molecule has 2 amide bonds. The van der Waals surface area contributed by atoms with Crippen molar-refractivity contribution in [2.24, 2.45) is 0 Å². The summed E-state index contributed by atoms with van der Waals surface area (Å²) < 4.78 is 17.7. The van der Waals surface area contributed by atoms with Gasteiger partial charge in [0.25, 0.3) is 5.91 Å². The van der Waals surface area contributed by atoms with Gasteiger partial charge in [-0.3, -0.25) is 14.4 Å². The quantitative estimate of drug-likeness (QED) is 0.592. The van der Waals surface area contributed by atoms with Crippen LogP contribution in [0, 0.1) is 5.82 Å². The van der Waals surface area contributed by atoms with Crippen molar-refractivity contribution in [1.82, 2.24) is 4.90 Å². The Kier molecular flexibility index (Phi) is 6.76. The molecule has 0 saturated carbocycles. The number of anilines is 1. The molecule has 0 saturated heterocycles. The average molecular weight is 372 g/mol. The Morgan fingerprint density at radius 1 is 1.07 bits per heavy atom. The van der Waals surface area contributed by atoms with Gasteiger partial charge in [-0.25, -0.2) is 9.18 Å². The van der Waals surface area contributed by atoms with Gasteiger partial charge in [0, 0.05) is 18.3 Å². The minimum absolute atomic E-state index is 0.199. The molecule has 27 heavy (non-hydrogen) atoms. The van der Waals surface area contributed by atoms with E-state index in [9.17, 15) is 23.6 Å². The third-order valence-electron chi connectivity index (χ3n) is 3.54. The van der Waals surface area contributed by atoms with Crippen molar-refractivity contribution in [1.29, 1.82) is 0 Å². The normalized spacial score (nSPS) is 10.0. The summed E-state index contributed by atoms with van der Waals surface area (Å²) in [5.74, 6) is -2.19. The zero-order valence-corrected chi connectivity index (χ0v) is 14.5. The Hall–Kier alpha value is -3.55. The molecule has 2 aromatic carbocycles. The van der Waals surface area contributed by atoms with Gasteiger partial charge in [0.2, 0.25) is 5.91 Å². The van der Waals surface area contributed by atoms with Crippen molar-refractivity contribution in [3.05, 3.63) is 65.5 Å². The van der Waals surface area contributed by atoms with E-state index in [-0.39, 0.29) is 12.1 Å². The predicted molar refractivity (Wildman–Crippen MR) is 94.8 cm³/mol. The highest BCUT2D eigenvalue weighted by atomic mass is 19.1. The second-order valence-corrected chi connectivity index (χ2v) is 5.62. The van der Waals surface area contributed by atoms with E-state index in [1.807, 2.05) is 0 Å². The molecule has 0 bridgehead atoms. The second kappa shape index (κ2) is 9.23. The molecule has 0 aliphatic rings. The second-order valence-electron chi connectivity index (χ2n) is 5.62. The lowest BCUT2D eigenvalue weighted by Crippen LogP contribution is -2.37. The molecular weight excluding hydrogens is 355 g/mol. The minimum Gasteiger partial charge on any atom is -0.452 e. The van der Waals surface area contributed by atoms with Crippen LogP contribution in [0.3, 0.4) is 0 Å². The van der Waals surface area contributed by atoms with Gasteiger partial charge in [-0.1, -0.05) is 12.1 Å². The fraction of sp³-hybridized carbons (Fsp3) is 0.158. The van der Waals surface area contributed by atoms with Crippen LogP contribution in [0.5, 0.6) is 0 Å². The lowest BCUT2D eigenvalue weighted by Gasteiger charge is -2.16. The topological polar surface area (TPSA) is 92.8 Å². The molecule has 140 valence electrons. The smallest absolute Gasteiger partial charge is 0.338 e. The lowest BCUT2D eigenvalue weighted by molar-refractivity contribution is -0.136. The van der Waals surface area contributed by atoms with Gasteiger partial charge in [-0.05, 0) is 36.4 Å². The predicted octanol–water partition coefficient (Wildman–Crippen LogP) is 1.89. The highest BCUT2D eigenvalue weighted by Crippen LogP contribution is 2.08. The van der Waals surface area contributed by atoms with E-state index in [2.05, 4.69) is 5.32 Å². The van der Waals surface area contributed by atoms with Crippen LogP contribution in [0.2, 0.25) is 0 Å². The summed E-state index contributed by atoms with van der Waals surface area (Å²) in [7, 11) is 1.39. The minimum atomic E-state index is -0.718. The van der Waals surface area contributed by atoms with Gasteiger partial charge >= 0.3 is 5.97 Å². The SMILES string of the molecule is CN(CC(=O)Nc1ccc(F)cc1)C(=O)COC(=O)c1ccc(C=O)cc1. The van der Waals surface area contributed by atoms with Gasteiger partial charge < -0.3 is 15.0 Å². The summed E-state index contributed by atoms with van der Waals surface area (Å²) >= 11 is 0. The van der Waals surface area contributed by atoms with E-state index in [4.69, 9.17) is 4.74 Å². The molecule has 0 aliphatic carbocycles. The van der Waals surface area contributed by atoms with Crippen LogP contribution in [-0.4, -0.2) is 49.2 Å². The third kappa shape index (κ3) is 6.03. The monoisotopic (exact) mass is 372 g/mol. The van der Waals surface area contributed by atoms with Crippen molar-refractivity contribution >= 4 is 29.8 Å². The molecule has 2 aromatic rings. The number of amides is 2. The van der Waals surface area contributed by atoms with Crippen LogP contribution in [0.4, 0.5) is 10.1 Å². The standard InChI is InChI=1S/C19H17FN2O5/c1-22(10-17(24)21-16-8-6-15(20)7-9-16)18(25)12-27-19(26)14-4-2-13(11-23)3-5-14/h2-9,11H,10,12H2,1H3,(H,21,24). The summed E-state index contributed by atoms with van der Waals surface area (Å²) in [5.41, 5.74) is 1.01. The van der Waals surface area contributed by atoms with E-state index in [0.717, 1.165) is 4.90 Å². The number of esters is 1. The molecule has 7 nitrogen and oxygen atoms in total. The molecule has 0 unspecified atom stereocenters. The molecule has 0 aliphatic heterocycles. The maximum absolute atomic E-state index is 12.8. The van der Waals surface area contributed by atoms with Gasteiger partial charge in [-0.15, -0.1) is 0 Å². The first-order valence-electron chi connectivity index (χ1n) is 7.91. The summed E-state index contributed by atoms with van der Waals surface area (Å²) in [6.07, 6.45) is 0.643. The van der Waals surface area contributed by atoms with Gasteiger partial charge in [0.15, 0.2) is 6.61 Å². The number of benzene rings is 2. The number of carbonyl (C=O) groups is 4. The fourth-order valence-corrected chi connectivity index (χ4v) is 2.06. The zero-order valence-electron chi connectivity index (χ0n) is 14.5. The van der Waals surface area contributed by atoms with Crippen LogP contribution in [0.1, 0.15) is 20.7 Å². The molecule has 0 fully saturated rings. The van der Waals surface area contributed by atoms with E-state index in [1.165, 1.54) is 55.6 Å². The Balaban J connectivity index is 1.80. The number of rotatable bonds is 7. The molecule has 8 heteroatoms. The number of likely N-dealkylation sites (N-methyl/N-ethyl adjacent to an activating group) is 1. The highest BCUT2D eigenvalue weighted by Gasteiger charge is 2.16. The van der Waals surface area contributed by atoms with Gasteiger partial charge in [-0.2, -0.15) is 0 Å².